The van der Waals surface area contributed by atoms with Crippen molar-refractivity contribution in [3.05, 3.63) is 36.4 Å². The second-order valence-electron chi connectivity index (χ2n) is 2.71. The number of hydrogen-bond donors (Lipinski definition) is 0. The fourth-order valence-corrected chi connectivity index (χ4v) is 0.974. The van der Waals surface area contributed by atoms with Crippen LogP contribution in [0.3, 0.4) is 0 Å². The Balaban J connectivity index is 0.00000196. The fourth-order valence-electron chi connectivity index (χ4n) is 0.974. The van der Waals surface area contributed by atoms with Crippen LogP contribution in [0.15, 0.2) is 30.8 Å². The van der Waals surface area contributed by atoms with Crippen LogP contribution >= 0.6 is 13.5 Å². The van der Waals surface area contributed by atoms with Gasteiger partial charge in [-0.3, -0.25) is 0 Å². The van der Waals surface area contributed by atoms with Crippen molar-refractivity contribution in [2.24, 2.45) is 0 Å². The fraction of sp³-hybridized carbons (Fsp3) is 0.200. The van der Waals surface area contributed by atoms with Gasteiger partial charge in [0.1, 0.15) is 5.75 Å². The van der Waals surface area contributed by atoms with Crippen molar-refractivity contribution in [3.63, 3.8) is 0 Å². The van der Waals surface area contributed by atoms with E-state index in [-0.39, 0.29) is 19.1 Å². The van der Waals surface area contributed by atoms with Crippen LogP contribution in [0.1, 0.15) is 5.56 Å². The van der Waals surface area contributed by atoms with Gasteiger partial charge in [-0.25, -0.2) is 0 Å². The lowest BCUT2D eigenvalue weighted by atomic mass is 10.1. The predicted molar refractivity (Wildman–Crippen MR) is 58.5 cm³/mol. The van der Waals surface area contributed by atoms with Crippen molar-refractivity contribution >= 4 is 19.1 Å². The Kier molecular flexibility index (Phi) is 4.74. The zero-order valence-corrected chi connectivity index (χ0v) is 9.06. The Morgan fingerprint density at radius 1 is 1.33 bits per heavy atom. The van der Waals surface area contributed by atoms with Gasteiger partial charge in [-0.2, -0.15) is 26.7 Å². The van der Waals surface area contributed by atoms with Gasteiger partial charge in [0.25, 0.3) is 0 Å². The Hall–Kier alpha value is -1.10. The summed E-state index contributed by atoms with van der Waals surface area (Å²) in [6.45, 7) is 2.99. The minimum absolute atomic E-state index is 0. The first-order valence-corrected chi connectivity index (χ1v) is 3.85. The maximum absolute atomic E-state index is 12.2. The van der Waals surface area contributed by atoms with Crippen LogP contribution in [0.2, 0.25) is 0 Å². The molecule has 15 heavy (non-hydrogen) atoms. The van der Waals surface area contributed by atoms with Gasteiger partial charge in [-0.15, -0.1) is 0 Å². The van der Waals surface area contributed by atoms with Crippen LogP contribution in [0.5, 0.6) is 5.75 Å². The summed E-state index contributed by atoms with van der Waals surface area (Å²) in [6.07, 6.45) is -4.40. The molecule has 0 amide bonds. The number of hydrogen-bond acceptors (Lipinski definition) is 1. The van der Waals surface area contributed by atoms with Gasteiger partial charge in [0.15, 0.2) is 0 Å². The van der Waals surface area contributed by atoms with Crippen LogP contribution in [0, 0.1) is 0 Å². The summed E-state index contributed by atoms with van der Waals surface area (Å²) in [6, 6.07) is 5.71. The average Bonchev–Trinajstić information content (AvgIpc) is 2.15. The molecular weight excluding hydrogens is 225 g/mol. The SMILES string of the molecule is C=C(c1cccc(OC)c1)C(F)(F)F.S. The molecule has 5 heteroatoms. The number of ether oxygens (including phenoxy) is 1. The summed E-state index contributed by atoms with van der Waals surface area (Å²) >= 11 is 0. The van der Waals surface area contributed by atoms with E-state index in [1.54, 1.807) is 6.07 Å². The largest absolute Gasteiger partial charge is 0.497 e. The third-order valence-corrected chi connectivity index (χ3v) is 1.76. The molecule has 0 spiro atoms. The molecule has 84 valence electrons. The smallest absolute Gasteiger partial charge is 0.416 e. The minimum Gasteiger partial charge on any atom is -0.497 e. The van der Waals surface area contributed by atoms with E-state index >= 15 is 0 Å². The summed E-state index contributed by atoms with van der Waals surface area (Å²) in [7, 11) is 1.40. The molecule has 0 radical (unpaired) electrons. The third-order valence-electron chi connectivity index (χ3n) is 1.76. The second kappa shape index (κ2) is 5.11. The standard InChI is InChI=1S/C10H9F3O.H2S/c1-7(10(11,12)13)8-4-3-5-9(6-8)14-2;/h3-6H,1H2,2H3;1H2. The number of methoxy groups -OCH3 is 1. The van der Waals surface area contributed by atoms with Gasteiger partial charge in [-0.1, -0.05) is 18.7 Å². The molecule has 1 aromatic rings. The van der Waals surface area contributed by atoms with E-state index in [0.717, 1.165) is 0 Å². The Bertz CT molecular complexity index is 347. The molecule has 0 aliphatic rings. The van der Waals surface area contributed by atoms with Crippen molar-refractivity contribution < 1.29 is 17.9 Å². The second-order valence-corrected chi connectivity index (χ2v) is 2.71. The van der Waals surface area contributed by atoms with E-state index in [0.29, 0.717) is 5.75 Å². The van der Waals surface area contributed by atoms with E-state index in [1.807, 2.05) is 0 Å². The van der Waals surface area contributed by atoms with E-state index < -0.39 is 11.7 Å². The van der Waals surface area contributed by atoms with Gasteiger partial charge in [-0.05, 0) is 17.7 Å². The highest BCUT2D eigenvalue weighted by molar-refractivity contribution is 7.59. The van der Waals surface area contributed by atoms with Crippen molar-refractivity contribution in [1.82, 2.24) is 0 Å². The monoisotopic (exact) mass is 236 g/mol. The zero-order valence-electron chi connectivity index (χ0n) is 8.06. The van der Waals surface area contributed by atoms with Gasteiger partial charge in [0, 0.05) is 0 Å². The molecule has 0 saturated carbocycles. The lowest BCUT2D eigenvalue weighted by Gasteiger charge is -2.10. The first-order valence-electron chi connectivity index (χ1n) is 3.85. The minimum atomic E-state index is -4.40. The maximum Gasteiger partial charge on any atom is 0.416 e. The quantitative estimate of drug-likeness (QED) is 0.764. The average molecular weight is 236 g/mol. The molecule has 1 aromatic carbocycles. The van der Waals surface area contributed by atoms with Crippen molar-refractivity contribution in [1.29, 1.82) is 0 Å². The Morgan fingerprint density at radius 2 is 1.93 bits per heavy atom. The number of benzene rings is 1. The lowest BCUT2D eigenvalue weighted by molar-refractivity contribution is -0.0686. The molecule has 1 nitrogen and oxygen atoms in total. The molecule has 0 bridgehead atoms. The van der Waals surface area contributed by atoms with Crippen LogP contribution in [-0.2, 0) is 0 Å². The molecule has 1 rings (SSSR count). The Morgan fingerprint density at radius 3 is 2.40 bits per heavy atom. The molecule has 0 aliphatic heterocycles. The third kappa shape index (κ3) is 3.51. The molecule has 0 fully saturated rings. The highest BCUT2D eigenvalue weighted by Crippen LogP contribution is 2.33. The van der Waals surface area contributed by atoms with E-state index in [4.69, 9.17) is 4.74 Å². The van der Waals surface area contributed by atoms with Gasteiger partial charge in [0.2, 0.25) is 0 Å². The summed E-state index contributed by atoms with van der Waals surface area (Å²) in [5.74, 6) is 0.382. The van der Waals surface area contributed by atoms with Gasteiger partial charge < -0.3 is 4.74 Å². The number of allylic oxidation sites excluding steroid dienone is 1. The number of alkyl halides is 3. The molecule has 0 aliphatic carbocycles. The number of rotatable bonds is 2. The normalized spacial score (nSPS) is 10.4. The topological polar surface area (TPSA) is 9.23 Å². The van der Waals surface area contributed by atoms with Crippen molar-refractivity contribution in [2.75, 3.05) is 7.11 Å². The molecule has 0 atom stereocenters. The van der Waals surface area contributed by atoms with Crippen LogP contribution < -0.4 is 4.74 Å². The first kappa shape index (κ1) is 13.9. The van der Waals surface area contributed by atoms with Crippen LogP contribution in [-0.4, -0.2) is 13.3 Å². The number of halogens is 3. The van der Waals surface area contributed by atoms with E-state index in [1.165, 1.54) is 25.3 Å². The molecule has 0 saturated heterocycles. The van der Waals surface area contributed by atoms with Crippen LogP contribution in [0.4, 0.5) is 13.2 Å². The molecule has 0 aromatic heterocycles. The predicted octanol–water partition coefficient (Wildman–Crippen LogP) is 3.38. The van der Waals surface area contributed by atoms with E-state index in [2.05, 4.69) is 6.58 Å². The van der Waals surface area contributed by atoms with Crippen LogP contribution in [0.25, 0.3) is 5.57 Å². The van der Waals surface area contributed by atoms with Crippen molar-refractivity contribution in [2.45, 2.75) is 6.18 Å². The maximum atomic E-state index is 12.2. The van der Waals surface area contributed by atoms with Gasteiger partial charge >= 0.3 is 6.18 Å². The molecular formula is C10H11F3OS. The molecule has 0 N–H and O–H groups in total. The van der Waals surface area contributed by atoms with Crippen molar-refractivity contribution in [3.8, 4) is 5.75 Å². The lowest BCUT2D eigenvalue weighted by Crippen LogP contribution is -2.09. The first-order chi connectivity index (χ1) is 6.45. The highest BCUT2D eigenvalue weighted by Gasteiger charge is 2.32. The van der Waals surface area contributed by atoms with Gasteiger partial charge in [0.05, 0.1) is 12.7 Å². The zero-order chi connectivity index (χ0) is 10.8. The summed E-state index contributed by atoms with van der Waals surface area (Å²) < 4.78 is 41.5. The molecule has 0 unspecified atom stereocenters. The summed E-state index contributed by atoms with van der Waals surface area (Å²) in [5, 5.41) is 0. The summed E-state index contributed by atoms with van der Waals surface area (Å²) in [4.78, 5) is 0. The summed E-state index contributed by atoms with van der Waals surface area (Å²) in [5.41, 5.74) is -0.840. The molecule has 0 heterocycles. The Labute approximate surface area is 93.0 Å². The van der Waals surface area contributed by atoms with E-state index in [9.17, 15) is 13.2 Å². The highest BCUT2D eigenvalue weighted by atomic mass is 32.1.